The van der Waals surface area contributed by atoms with Crippen molar-refractivity contribution in [2.45, 2.75) is 452 Å². The summed E-state index contributed by atoms with van der Waals surface area (Å²) in [4.78, 5) is 73.1. The first-order chi connectivity index (χ1) is 49.3. The number of ether oxygens (including phenoxy) is 4. The summed E-state index contributed by atoms with van der Waals surface area (Å²) in [5, 5.41) is 10.7. The fraction of sp³-hybridized carbons (Fsp3) is 0.952. The second-order valence-electron chi connectivity index (χ2n) is 30.8. The molecule has 0 rings (SSSR count). The lowest BCUT2D eigenvalue weighted by Gasteiger charge is -2.21. The van der Waals surface area contributed by atoms with Gasteiger partial charge in [-0.1, -0.05) is 382 Å². The molecule has 0 bridgehead atoms. The summed E-state index contributed by atoms with van der Waals surface area (Å²) in [5.41, 5.74) is 0. The van der Waals surface area contributed by atoms with Crippen LogP contribution in [0.25, 0.3) is 0 Å². The van der Waals surface area contributed by atoms with Crippen molar-refractivity contribution in [1.82, 2.24) is 0 Å². The average molecular weight is 1490 g/mol. The molecular formula is C83H162O17P2. The highest BCUT2D eigenvalue weighted by molar-refractivity contribution is 7.47. The van der Waals surface area contributed by atoms with Crippen molar-refractivity contribution in [3.63, 3.8) is 0 Å². The predicted octanol–water partition coefficient (Wildman–Crippen LogP) is 24.9. The van der Waals surface area contributed by atoms with E-state index >= 15 is 0 Å². The molecule has 0 radical (unpaired) electrons. The van der Waals surface area contributed by atoms with Crippen molar-refractivity contribution in [2.24, 2.45) is 17.8 Å². The molecule has 0 aromatic rings. The van der Waals surface area contributed by atoms with Crippen molar-refractivity contribution in [3.8, 4) is 0 Å². The van der Waals surface area contributed by atoms with Crippen LogP contribution in [0.1, 0.15) is 434 Å². The van der Waals surface area contributed by atoms with E-state index in [1.807, 2.05) is 0 Å². The Morgan fingerprint density at radius 1 is 0.284 bits per heavy atom. The zero-order chi connectivity index (χ0) is 75.1. The lowest BCUT2D eigenvalue weighted by atomic mass is 9.99. The van der Waals surface area contributed by atoms with Crippen LogP contribution in [0.5, 0.6) is 0 Å². The smallest absolute Gasteiger partial charge is 0.462 e. The summed E-state index contributed by atoms with van der Waals surface area (Å²) >= 11 is 0. The summed E-state index contributed by atoms with van der Waals surface area (Å²) in [7, 11) is -9.92. The van der Waals surface area contributed by atoms with E-state index in [1.165, 1.54) is 244 Å². The Labute approximate surface area is 626 Å². The van der Waals surface area contributed by atoms with Crippen LogP contribution in [0.4, 0.5) is 0 Å². The molecule has 4 unspecified atom stereocenters. The van der Waals surface area contributed by atoms with E-state index < -0.39 is 97.5 Å². The van der Waals surface area contributed by atoms with Gasteiger partial charge in [0.05, 0.1) is 26.4 Å². The summed E-state index contributed by atoms with van der Waals surface area (Å²) < 4.78 is 68.8. The van der Waals surface area contributed by atoms with Crippen LogP contribution in [0.15, 0.2) is 0 Å². The molecule has 0 spiro atoms. The summed E-state index contributed by atoms with van der Waals surface area (Å²) in [5.74, 6) is 0.315. The highest BCUT2D eigenvalue weighted by atomic mass is 31.2. The van der Waals surface area contributed by atoms with Gasteiger partial charge in [0.25, 0.3) is 0 Å². The van der Waals surface area contributed by atoms with Gasteiger partial charge in [-0.25, -0.2) is 9.13 Å². The van der Waals surface area contributed by atoms with Crippen molar-refractivity contribution in [1.29, 1.82) is 0 Å². The zero-order valence-corrected chi connectivity index (χ0v) is 68.9. The highest BCUT2D eigenvalue weighted by Crippen LogP contribution is 2.45. The Balaban J connectivity index is 5.26. The maximum absolute atomic E-state index is 13.1. The molecule has 0 aromatic heterocycles. The van der Waals surface area contributed by atoms with E-state index in [1.54, 1.807) is 0 Å². The van der Waals surface area contributed by atoms with E-state index in [-0.39, 0.29) is 25.7 Å². The average Bonchev–Trinajstić information content (AvgIpc) is 0.919. The lowest BCUT2D eigenvalue weighted by molar-refractivity contribution is -0.161. The first-order valence-electron chi connectivity index (χ1n) is 42.9. The summed E-state index contributed by atoms with van der Waals surface area (Å²) in [6, 6.07) is 0. The van der Waals surface area contributed by atoms with Gasteiger partial charge in [0.1, 0.15) is 19.3 Å². The van der Waals surface area contributed by atoms with Crippen molar-refractivity contribution in [3.05, 3.63) is 0 Å². The third kappa shape index (κ3) is 73.6. The number of rotatable bonds is 81. The van der Waals surface area contributed by atoms with Crippen LogP contribution in [-0.4, -0.2) is 96.7 Å². The summed E-state index contributed by atoms with van der Waals surface area (Å²) in [6.45, 7) is 12.0. The minimum atomic E-state index is -4.96. The fourth-order valence-electron chi connectivity index (χ4n) is 12.8. The largest absolute Gasteiger partial charge is 0.472 e. The first-order valence-corrected chi connectivity index (χ1v) is 45.9. The highest BCUT2D eigenvalue weighted by Gasteiger charge is 2.30. The fourth-order valence-corrected chi connectivity index (χ4v) is 14.4. The molecule has 0 heterocycles. The number of carbonyl (C=O) groups excluding carboxylic acids is 4. The second kappa shape index (κ2) is 73.2. The number of aliphatic hydroxyl groups is 1. The van der Waals surface area contributed by atoms with E-state index in [0.717, 1.165) is 108 Å². The molecule has 19 heteroatoms. The molecule has 0 amide bonds. The standard InChI is InChI=1S/C83H162O17P2/c1-8-11-12-13-14-15-16-17-18-26-31-36-45-52-59-66-83(88)100-79(71-94-81(86)65-58-51-44-39-38-40-47-54-61-74(4)5)73-98-102(91,92)96-69-77(84)68-95-101(89,90)97-72-78(99-82(87)67-60-53-46-37-32-27-22-20-24-29-34-42-49-56-63-76(7)10-3)70-93-80(85)64-57-50-43-35-30-25-21-19-23-28-33-41-48-55-62-75(6)9-2/h74-79,84H,8-73H2,1-7H3,(H,89,90)(H,91,92)/t75?,76?,77-,78-,79-/m1/s1. The number of hydrogen-bond acceptors (Lipinski definition) is 15. The Hall–Kier alpha value is -1.94. The molecule has 0 aromatic carbocycles. The molecule has 3 N–H and O–H groups in total. The Kier molecular flexibility index (Phi) is 71.8. The number of unbranched alkanes of at least 4 members (excludes halogenated alkanes) is 47. The molecule has 102 heavy (non-hydrogen) atoms. The van der Waals surface area contributed by atoms with Crippen LogP contribution < -0.4 is 0 Å². The van der Waals surface area contributed by atoms with Crippen LogP contribution in [-0.2, 0) is 65.4 Å². The van der Waals surface area contributed by atoms with Crippen LogP contribution >= 0.6 is 15.6 Å². The van der Waals surface area contributed by atoms with Gasteiger partial charge in [-0.2, -0.15) is 0 Å². The molecule has 17 nitrogen and oxygen atoms in total. The van der Waals surface area contributed by atoms with Crippen molar-refractivity contribution in [2.75, 3.05) is 39.6 Å². The third-order valence-electron chi connectivity index (χ3n) is 20.1. The molecule has 0 aliphatic carbocycles. The molecule has 0 aliphatic rings. The van der Waals surface area contributed by atoms with E-state index in [0.29, 0.717) is 25.7 Å². The maximum Gasteiger partial charge on any atom is 0.472 e. The number of phosphoric ester groups is 2. The molecule has 7 atom stereocenters. The van der Waals surface area contributed by atoms with Gasteiger partial charge >= 0.3 is 39.5 Å². The molecule has 606 valence electrons. The topological polar surface area (TPSA) is 237 Å². The van der Waals surface area contributed by atoms with Crippen molar-refractivity contribution >= 4 is 39.5 Å². The first kappa shape index (κ1) is 100. The number of esters is 4. The van der Waals surface area contributed by atoms with Crippen LogP contribution in [0, 0.1) is 17.8 Å². The van der Waals surface area contributed by atoms with Crippen molar-refractivity contribution < 1.29 is 80.2 Å². The van der Waals surface area contributed by atoms with Gasteiger partial charge in [-0.15, -0.1) is 0 Å². The van der Waals surface area contributed by atoms with Gasteiger partial charge in [-0.3, -0.25) is 37.3 Å². The normalized spacial score (nSPS) is 14.5. The van der Waals surface area contributed by atoms with E-state index in [2.05, 4.69) is 48.5 Å². The Bertz CT molecular complexity index is 1980. The minimum absolute atomic E-state index is 0.108. The monoisotopic (exact) mass is 1490 g/mol. The minimum Gasteiger partial charge on any atom is -0.462 e. The number of phosphoric acid groups is 2. The third-order valence-corrected chi connectivity index (χ3v) is 22.0. The van der Waals surface area contributed by atoms with Gasteiger partial charge in [0.15, 0.2) is 12.2 Å². The van der Waals surface area contributed by atoms with Gasteiger partial charge < -0.3 is 33.8 Å². The Morgan fingerprint density at radius 2 is 0.500 bits per heavy atom. The van der Waals surface area contributed by atoms with Crippen LogP contribution in [0.2, 0.25) is 0 Å². The molecule has 0 aliphatic heterocycles. The van der Waals surface area contributed by atoms with Crippen LogP contribution in [0.3, 0.4) is 0 Å². The number of carbonyl (C=O) groups is 4. The van der Waals surface area contributed by atoms with Gasteiger partial charge in [-0.05, 0) is 43.4 Å². The lowest BCUT2D eigenvalue weighted by Crippen LogP contribution is -2.30. The molecule has 0 saturated carbocycles. The predicted molar refractivity (Wildman–Crippen MR) is 418 cm³/mol. The number of aliphatic hydroxyl groups excluding tert-OH is 1. The SMILES string of the molecule is CCCCCCCCCCCCCCCCCC(=O)O[C@H](COC(=O)CCCCCCCCCCC(C)C)COP(=O)(O)OC[C@H](O)COP(=O)(O)OC[C@@H](COC(=O)CCCCCCCCCCCCCCCCC(C)CC)OC(=O)CCCCCCCCCCCCCCCCC(C)CC. The maximum atomic E-state index is 13.1. The van der Waals surface area contributed by atoms with Gasteiger partial charge in [0.2, 0.25) is 0 Å². The van der Waals surface area contributed by atoms with E-state index in [4.69, 9.17) is 37.0 Å². The van der Waals surface area contributed by atoms with E-state index in [9.17, 15) is 43.2 Å². The zero-order valence-electron chi connectivity index (χ0n) is 67.1. The Morgan fingerprint density at radius 3 is 0.745 bits per heavy atom. The second-order valence-corrected chi connectivity index (χ2v) is 33.7. The molecule has 0 fully saturated rings. The van der Waals surface area contributed by atoms with Gasteiger partial charge in [0, 0.05) is 25.7 Å². The molecule has 0 saturated heterocycles. The number of hydrogen-bond donors (Lipinski definition) is 3. The quantitative estimate of drug-likeness (QED) is 0.0222. The summed E-state index contributed by atoms with van der Waals surface area (Å²) in [6.07, 6.45) is 62.2. The molecular weight excluding hydrogens is 1330 g/mol.